The zero-order valence-electron chi connectivity index (χ0n) is 14.1. The number of hydrogen-bond acceptors (Lipinski definition) is 3. The summed E-state index contributed by atoms with van der Waals surface area (Å²) in [6.45, 7) is 11.4. The summed E-state index contributed by atoms with van der Waals surface area (Å²) in [5.41, 5.74) is 0. The maximum absolute atomic E-state index is 12.2. The van der Waals surface area contributed by atoms with E-state index in [0.29, 0.717) is 17.8 Å². The van der Waals surface area contributed by atoms with Gasteiger partial charge in [-0.15, -0.1) is 0 Å². The van der Waals surface area contributed by atoms with Gasteiger partial charge in [0.1, 0.15) is 0 Å². The molecule has 0 bridgehead atoms. The lowest BCUT2D eigenvalue weighted by atomic mass is 9.71. The fraction of sp³-hybridized carbons (Fsp3) is 1.00. The molecule has 3 unspecified atom stereocenters. The van der Waals surface area contributed by atoms with Crippen LogP contribution in [0.3, 0.4) is 0 Å². The van der Waals surface area contributed by atoms with E-state index in [9.17, 15) is 8.42 Å². The predicted molar refractivity (Wildman–Crippen MR) is 86.7 cm³/mol. The summed E-state index contributed by atoms with van der Waals surface area (Å²) in [7, 11) is -3.08. The molecule has 20 heavy (non-hydrogen) atoms. The maximum atomic E-state index is 12.2. The third-order valence-electron chi connectivity index (χ3n) is 5.01. The van der Waals surface area contributed by atoms with E-state index in [1.807, 2.05) is 13.8 Å². The van der Waals surface area contributed by atoms with Crippen LogP contribution in [0.1, 0.15) is 60.3 Å². The van der Waals surface area contributed by atoms with Gasteiger partial charge in [-0.05, 0) is 63.8 Å². The summed E-state index contributed by atoms with van der Waals surface area (Å²) < 4.78 is 23.7. The standard InChI is InChI=1S/C16H33NO2S/c1-7-8-17-15(16(4,5)20(6,18)19)14-10-12(2)9-13(3)11-14/h12-15,17H,7-11H2,1-6H3. The highest BCUT2D eigenvalue weighted by Crippen LogP contribution is 2.39. The Bertz CT molecular complexity index is 393. The molecule has 1 saturated carbocycles. The van der Waals surface area contributed by atoms with Crippen LogP contribution in [0.2, 0.25) is 0 Å². The average Bonchev–Trinajstić information content (AvgIpc) is 2.26. The van der Waals surface area contributed by atoms with E-state index < -0.39 is 14.6 Å². The minimum atomic E-state index is -3.08. The molecule has 120 valence electrons. The highest BCUT2D eigenvalue weighted by atomic mass is 32.2. The van der Waals surface area contributed by atoms with Gasteiger partial charge in [-0.2, -0.15) is 0 Å². The first kappa shape index (κ1) is 18.0. The molecule has 0 radical (unpaired) electrons. The van der Waals surface area contributed by atoms with Crippen molar-refractivity contribution in [2.45, 2.75) is 71.1 Å². The van der Waals surface area contributed by atoms with Gasteiger partial charge in [0, 0.05) is 12.3 Å². The largest absolute Gasteiger partial charge is 0.312 e. The first-order chi connectivity index (χ1) is 9.09. The first-order valence-corrected chi connectivity index (χ1v) is 9.91. The van der Waals surface area contributed by atoms with E-state index in [1.165, 1.54) is 12.7 Å². The van der Waals surface area contributed by atoms with Gasteiger partial charge in [0.25, 0.3) is 0 Å². The molecule has 0 amide bonds. The SMILES string of the molecule is CCCNC(C1CC(C)CC(C)C1)C(C)(C)S(C)(=O)=O. The molecule has 1 rings (SSSR count). The third-order valence-corrected chi connectivity index (χ3v) is 7.17. The Kier molecular flexibility index (Phi) is 6.09. The Morgan fingerprint density at radius 1 is 1.15 bits per heavy atom. The lowest BCUT2D eigenvalue weighted by Crippen LogP contribution is -2.56. The highest BCUT2D eigenvalue weighted by molar-refractivity contribution is 7.92. The second kappa shape index (κ2) is 6.78. The van der Waals surface area contributed by atoms with E-state index in [2.05, 4.69) is 26.1 Å². The molecule has 1 N–H and O–H groups in total. The quantitative estimate of drug-likeness (QED) is 0.819. The van der Waals surface area contributed by atoms with E-state index in [4.69, 9.17) is 0 Å². The van der Waals surface area contributed by atoms with E-state index in [1.54, 1.807) is 0 Å². The molecular formula is C16H33NO2S. The summed E-state index contributed by atoms with van der Waals surface area (Å²) in [4.78, 5) is 0. The second-order valence-electron chi connectivity index (χ2n) is 7.48. The molecule has 0 aromatic carbocycles. The van der Waals surface area contributed by atoms with Crippen molar-refractivity contribution in [3.63, 3.8) is 0 Å². The third kappa shape index (κ3) is 4.20. The molecule has 0 aromatic rings. The lowest BCUT2D eigenvalue weighted by molar-refractivity contribution is 0.158. The van der Waals surface area contributed by atoms with Gasteiger partial charge in [0.05, 0.1) is 4.75 Å². The zero-order valence-corrected chi connectivity index (χ0v) is 14.9. The molecule has 3 nitrogen and oxygen atoms in total. The van der Waals surface area contributed by atoms with Crippen LogP contribution in [0.15, 0.2) is 0 Å². The smallest absolute Gasteiger partial charge is 0.154 e. The zero-order chi connectivity index (χ0) is 15.6. The van der Waals surface area contributed by atoms with Gasteiger partial charge in [-0.3, -0.25) is 0 Å². The number of sulfone groups is 1. The van der Waals surface area contributed by atoms with E-state index in [-0.39, 0.29) is 6.04 Å². The van der Waals surface area contributed by atoms with Gasteiger partial charge in [-0.25, -0.2) is 8.42 Å². The molecule has 0 aromatic heterocycles. The van der Waals surface area contributed by atoms with Gasteiger partial charge in [-0.1, -0.05) is 20.8 Å². The molecule has 0 saturated heterocycles. The van der Waals surface area contributed by atoms with Crippen LogP contribution >= 0.6 is 0 Å². The number of nitrogens with one attached hydrogen (secondary N) is 1. The van der Waals surface area contributed by atoms with Crippen molar-refractivity contribution in [3.8, 4) is 0 Å². The van der Waals surface area contributed by atoms with E-state index >= 15 is 0 Å². The Morgan fingerprint density at radius 3 is 2.05 bits per heavy atom. The van der Waals surface area contributed by atoms with Gasteiger partial charge >= 0.3 is 0 Å². The molecule has 1 fully saturated rings. The molecule has 0 aliphatic heterocycles. The molecular weight excluding hydrogens is 270 g/mol. The summed E-state index contributed by atoms with van der Waals surface area (Å²) in [5, 5.41) is 3.55. The molecule has 1 aliphatic rings. The molecule has 1 aliphatic carbocycles. The van der Waals surface area contributed by atoms with Crippen molar-refractivity contribution in [2.75, 3.05) is 12.8 Å². The van der Waals surface area contributed by atoms with Crippen molar-refractivity contribution in [3.05, 3.63) is 0 Å². The van der Waals surface area contributed by atoms with Crippen LogP contribution in [0.25, 0.3) is 0 Å². The Hall–Kier alpha value is -0.0900. The molecule has 3 atom stereocenters. The number of hydrogen-bond donors (Lipinski definition) is 1. The van der Waals surface area contributed by atoms with Crippen molar-refractivity contribution in [1.29, 1.82) is 0 Å². The van der Waals surface area contributed by atoms with Crippen LogP contribution in [0.5, 0.6) is 0 Å². The fourth-order valence-corrected chi connectivity index (χ4v) is 4.53. The normalized spacial score (nSPS) is 30.2. The Labute approximate surface area is 125 Å². The van der Waals surface area contributed by atoms with Crippen molar-refractivity contribution >= 4 is 9.84 Å². The predicted octanol–water partition coefficient (Wildman–Crippen LogP) is 3.25. The summed E-state index contributed by atoms with van der Waals surface area (Å²) in [6.07, 6.45) is 5.98. The highest BCUT2D eigenvalue weighted by Gasteiger charge is 2.44. The monoisotopic (exact) mass is 303 g/mol. The molecule has 4 heteroatoms. The molecule has 0 heterocycles. The lowest BCUT2D eigenvalue weighted by Gasteiger charge is -2.43. The number of rotatable bonds is 6. The first-order valence-electron chi connectivity index (χ1n) is 8.02. The second-order valence-corrected chi connectivity index (χ2v) is 10.1. The topological polar surface area (TPSA) is 46.2 Å². The fourth-order valence-electron chi connectivity index (χ4n) is 3.79. The van der Waals surface area contributed by atoms with Crippen LogP contribution < -0.4 is 5.32 Å². The summed E-state index contributed by atoms with van der Waals surface area (Å²) in [5.74, 6) is 1.86. The summed E-state index contributed by atoms with van der Waals surface area (Å²) in [6, 6.07) is 0.0580. The minimum absolute atomic E-state index is 0.0580. The maximum Gasteiger partial charge on any atom is 0.154 e. The Morgan fingerprint density at radius 2 is 1.65 bits per heavy atom. The van der Waals surface area contributed by atoms with Crippen molar-refractivity contribution < 1.29 is 8.42 Å². The van der Waals surface area contributed by atoms with Gasteiger partial charge in [0.15, 0.2) is 9.84 Å². The average molecular weight is 304 g/mol. The van der Waals surface area contributed by atoms with Crippen LogP contribution in [-0.4, -0.2) is 32.0 Å². The summed E-state index contributed by atoms with van der Waals surface area (Å²) >= 11 is 0. The minimum Gasteiger partial charge on any atom is -0.312 e. The van der Waals surface area contributed by atoms with Crippen molar-refractivity contribution in [2.24, 2.45) is 17.8 Å². The Balaban J connectivity index is 2.99. The van der Waals surface area contributed by atoms with Crippen LogP contribution in [-0.2, 0) is 9.84 Å². The van der Waals surface area contributed by atoms with Gasteiger partial charge in [0.2, 0.25) is 0 Å². The van der Waals surface area contributed by atoms with Crippen LogP contribution in [0, 0.1) is 17.8 Å². The molecule has 0 spiro atoms. The van der Waals surface area contributed by atoms with E-state index in [0.717, 1.165) is 25.8 Å². The van der Waals surface area contributed by atoms with Crippen LogP contribution in [0.4, 0.5) is 0 Å². The van der Waals surface area contributed by atoms with Crippen molar-refractivity contribution in [1.82, 2.24) is 5.32 Å². The van der Waals surface area contributed by atoms with Gasteiger partial charge < -0.3 is 5.32 Å².